The Morgan fingerprint density at radius 3 is 2.76 bits per heavy atom. The van der Waals surface area contributed by atoms with E-state index in [4.69, 9.17) is 14.1 Å². The molecule has 1 amide bonds. The quantitative estimate of drug-likeness (QED) is 0.352. The normalized spacial score (nSPS) is 13.6. The molecule has 0 saturated carbocycles. The Bertz CT molecular complexity index is 1420. The maximum atomic E-state index is 13.2. The summed E-state index contributed by atoms with van der Waals surface area (Å²) in [6.45, 7) is 5.86. The van der Waals surface area contributed by atoms with E-state index in [9.17, 15) is 9.59 Å². The second-order valence-electron chi connectivity index (χ2n) is 9.10. The van der Waals surface area contributed by atoms with Crippen molar-refractivity contribution < 1.29 is 18.7 Å². The number of ether oxygens (including phenoxy) is 1. The molecular formula is C27H30N6O4. The van der Waals surface area contributed by atoms with Gasteiger partial charge in [0, 0.05) is 55.4 Å². The van der Waals surface area contributed by atoms with Crippen LogP contribution >= 0.6 is 0 Å². The Kier molecular flexibility index (Phi) is 7.16. The number of pyridine rings is 2. The van der Waals surface area contributed by atoms with Crippen LogP contribution in [-0.4, -0.2) is 50.9 Å². The van der Waals surface area contributed by atoms with Crippen LogP contribution in [0.15, 0.2) is 47.5 Å². The Morgan fingerprint density at radius 2 is 1.97 bits per heavy atom. The van der Waals surface area contributed by atoms with Crippen LogP contribution in [0.4, 0.5) is 11.4 Å². The molecule has 192 valence electrons. The standard InChI is InChI=1S/C27H30N6O4/c1-3-36-25(34)8-7-20-15-33-16-21(23(14-24(33)29-20)32-11-5-4-6-12-32)30-26(35)22-17-37-27(31-22)19-9-10-28-18(2)13-19/h9-10,13-17H,3-8,11-12H2,1-2H3,(H,30,35). The lowest BCUT2D eigenvalue weighted by Gasteiger charge is -2.30. The highest BCUT2D eigenvalue weighted by molar-refractivity contribution is 6.05. The van der Waals surface area contributed by atoms with Crippen molar-refractivity contribution in [2.24, 2.45) is 0 Å². The maximum absolute atomic E-state index is 13.2. The van der Waals surface area contributed by atoms with E-state index in [0.717, 1.165) is 54.2 Å². The number of nitrogens with zero attached hydrogens (tertiary/aromatic N) is 5. The molecule has 1 aliphatic heterocycles. The predicted molar refractivity (Wildman–Crippen MR) is 139 cm³/mol. The SMILES string of the molecule is CCOC(=O)CCc1cn2cc(NC(=O)c3coc(-c4ccnc(C)c4)n3)c(N3CCCCC3)cc2n1. The summed E-state index contributed by atoms with van der Waals surface area (Å²) in [4.78, 5) is 40.6. The number of carbonyl (C=O) groups is 2. The van der Waals surface area contributed by atoms with E-state index >= 15 is 0 Å². The Balaban J connectivity index is 1.41. The van der Waals surface area contributed by atoms with Gasteiger partial charge in [0.15, 0.2) is 5.69 Å². The minimum atomic E-state index is -0.360. The molecule has 0 aromatic carbocycles. The van der Waals surface area contributed by atoms with Crippen molar-refractivity contribution in [3.63, 3.8) is 0 Å². The Labute approximate surface area is 214 Å². The summed E-state index contributed by atoms with van der Waals surface area (Å²) < 4.78 is 12.5. The molecule has 5 heterocycles. The highest BCUT2D eigenvalue weighted by Crippen LogP contribution is 2.31. The first kappa shape index (κ1) is 24.5. The molecule has 5 rings (SSSR count). The minimum absolute atomic E-state index is 0.190. The molecule has 0 atom stereocenters. The van der Waals surface area contributed by atoms with Gasteiger partial charge in [0.1, 0.15) is 11.9 Å². The van der Waals surface area contributed by atoms with Crippen molar-refractivity contribution >= 4 is 28.9 Å². The summed E-state index contributed by atoms with van der Waals surface area (Å²) in [5.41, 5.74) is 4.91. The lowest BCUT2D eigenvalue weighted by molar-refractivity contribution is -0.143. The van der Waals surface area contributed by atoms with Gasteiger partial charge in [0.05, 0.1) is 30.1 Å². The van der Waals surface area contributed by atoms with E-state index in [1.807, 2.05) is 35.9 Å². The first-order valence-electron chi connectivity index (χ1n) is 12.6. The zero-order valence-electron chi connectivity index (χ0n) is 21.1. The summed E-state index contributed by atoms with van der Waals surface area (Å²) >= 11 is 0. The zero-order valence-corrected chi connectivity index (χ0v) is 21.1. The highest BCUT2D eigenvalue weighted by Gasteiger charge is 2.21. The molecule has 0 radical (unpaired) electrons. The van der Waals surface area contributed by atoms with E-state index < -0.39 is 0 Å². The Hall–Kier alpha value is -4.21. The van der Waals surface area contributed by atoms with E-state index in [-0.39, 0.29) is 24.0 Å². The average Bonchev–Trinajstić information content (AvgIpc) is 3.55. The van der Waals surface area contributed by atoms with Gasteiger partial charge in [-0.2, -0.15) is 0 Å². The molecule has 10 heteroatoms. The van der Waals surface area contributed by atoms with Crippen molar-refractivity contribution in [1.29, 1.82) is 0 Å². The molecule has 1 fully saturated rings. The number of piperidine rings is 1. The summed E-state index contributed by atoms with van der Waals surface area (Å²) in [6, 6.07) is 5.64. The summed E-state index contributed by atoms with van der Waals surface area (Å²) in [5, 5.41) is 3.03. The number of esters is 1. The van der Waals surface area contributed by atoms with Gasteiger partial charge in [-0.25, -0.2) is 9.97 Å². The van der Waals surface area contributed by atoms with Crippen LogP contribution in [0.3, 0.4) is 0 Å². The largest absolute Gasteiger partial charge is 0.466 e. The highest BCUT2D eigenvalue weighted by atomic mass is 16.5. The number of hydrogen-bond acceptors (Lipinski definition) is 8. The molecule has 0 unspecified atom stereocenters. The van der Waals surface area contributed by atoms with Gasteiger partial charge in [-0.3, -0.25) is 14.6 Å². The van der Waals surface area contributed by atoms with Crippen molar-refractivity contribution in [1.82, 2.24) is 19.4 Å². The van der Waals surface area contributed by atoms with Crippen molar-refractivity contribution in [2.75, 3.05) is 29.9 Å². The molecule has 10 nitrogen and oxygen atoms in total. The molecule has 0 bridgehead atoms. The third-order valence-electron chi connectivity index (χ3n) is 6.34. The first-order valence-corrected chi connectivity index (χ1v) is 12.6. The summed E-state index contributed by atoms with van der Waals surface area (Å²) in [6.07, 6.45) is 10.9. The number of carbonyl (C=O) groups excluding carboxylic acids is 2. The second kappa shape index (κ2) is 10.8. The van der Waals surface area contributed by atoms with E-state index in [1.165, 1.54) is 12.7 Å². The molecule has 4 aromatic rings. The van der Waals surface area contributed by atoms with Crippen molar-refractivity contribution in [3.05, 3.63) is 60.1 Å². The van der Waals surface area contributed by atoms with E-state index in [2.05, 4.69) is 20.2 Å². The number of fused-ring (bicyclic) bond motifs is 1. The number of aromatic nitrogens is 4. The van der Waals surface area contributed by atoms with Crippen molar-refractivity contribution in [2.45, 2.75) is 46.0 Å². The minimum Gasteiger partial charge on any atom is -0.466 e. The van der Waals surface area contributed by atoms with Gasteiger partial charge in [0.25, 0.3) is 5.91 Å². The number of aryl methyl sites for hydroxylation is 2. The van der Waals surface area contributed by atoms with Crippen LogP contribution in [0.5, 0.6) is 0 Å². The monoisotopic (exact) mass is 502 g/mol. The lowest BCUT2D eigenvalue weighted by Crippen LogP contribution is -2.30. The summed E-state index contributed by atoms with van der Waals surface area (Å²) in [7, 11) is 0. The number of rotatable bonds is 8. The topological polar surface area (TPSA) is 115 Å². The fourth-order valence-corrected chi connectivity index (χ4v) is 4.53. The fraction of sp³-hybridized carbons (Fsp3) is 0.370. The van der Waals surface area contributed by atoms with Crippen LogP contribution in [-0.2, 0) is 16.0 Å². The molecule has 4 aromatic heterocycles. The second-order valence-corrected chi connectivity index (χ2v) is 9.10. The number of hydrogen-bond donors (Lipinski definition) is 1. The third kappa shape index (κ3) is 5.63. The lowest BCUT2D eigenvalue weighted by atomic mass is 10.1. The number of nitrogens with one attached hydrogen (secondary N) is 1. The molecule has 0 aliphatic carbocycles. The van der Waals surface area contributed by atoms with Crippen LogP contribution in [0.2, 0.25) is 0 Å². The van der Waals surface area contributed by atoms with Gasteiger partial charge in [0.2, 0.25) is 5.89 Å². The van der Waals surface area contributed by atoms with Crippen LogP contribution in [0.25, 0.3) is 17.1 Å². The third-order valence-corrected chi connectivity index (χ3v) is 6.34. The number of imidazole rings is 1. The fourth-order valence-electron chi connectivity index (χ4n) is 4.53. The molecule has 1 aliphatic rings. The van der Waals surface area contributed by atoms with Gasteiger partial charge < -0.3 is 23.8 Å². The van der Waals surface area contributed by atoms with Crippen molar-refractivity contribution in [3.8, 4) is 11.5 Å². The average molecular weight is 503 g/mol. The number of oxazole rings is 1. The van der Waals surface area contributed by atoms with Crippen LogP contribution in [0.1, 0.15) is 54.5 Å². The molecular weight excluding hydrogens is 472 g/mol. The van der Waals surface area contributed by atoms with Crippen LogP contribution in [0, 0.1) is 6.92 Å². The smallest absolute Gasteiger partial charge is 0.306 e. The Morgan fingerprint density at radius 1 is 1.14 bits per heavy atom. The van der Waals surface area contributed by atoms with E-state index in [1.54, 1.807) is 19.2 Å². The van der Waals surface area contributed by atoms with Crippen LogP contribution < -0.4 is 10.2 Å². The maximum Gasteiger partial charge on any atom is 0.306 e. The number of amides is 1. The molecule has 0 spiro atoms. The predicted octanol–water partition coefficient (Wildman–Crippen LogP) is 4.43. The zero-order chi connectivity index (χ0) is 25.8. The summed E-state index contributed by atoms with van der Waals surface area (Å²) in [5.74, 6) is -0.236. The van der Waals surface area contributed by atoms with Gasteiger partial charge in [-0.1, -0.05) is 0 Å². The molecule has 1 saturated heterocycles. The van der Waals surface area contributed by atoms with E-state index in [0.29, 0.717) is 24.6 Å². The molecule has 37 heavy (non-hydrogen) atoms. The number of anilines is 2. The van der Waals surface area contributed by atoms with Gasteiger partial charge in [-0.05, 0) is 45.2 Å². The first-order chi connectivity index (χ1) is 18.0. The van der Waals surface area contributed by atoms with Gasteiger partial charge in [-0.15, -0.1) is 0 Å². The molecule has 1 N–H and O–H groups in total. The van der Waals surface area contributed by atoms with Gasteiger partial charge >= 0.3 is 5.97 Å².